The Kier molecular flexibility index (Phi) is 10.6. The normalized spacial score (nSPS) is 11.0. The van der Waals surface area contributed by atoms with Gasteiger partial charge in [0.2, 0.25) is 0 Å². The van der Waals surface area contributed by atoms with Gasteiger partial charge in [-0.05, 0) is 94.3 Å². The molecule has 0 aliphatic heterocycles. The average molecular weight is 761 g/mol. The number of halogens is 4. The third-order valence-electron chi connectivity index (χ3n) is 5.38. The first-order valence-electron chi connectivity index (χ1n) is 11.8. The molecule has 0 saturated carbocycles. The predicted molar refractivity (Wildman–Crippen MR) is 172 cm³/mol. The van der Waals surface area contributed by atoms with Crippen LogP contribution < -0.4 is 15.5 Å². The summed E-state index contributed by atoms with van der Waals surface area (Å²) in [6, 6.07) is 23.8. The molecule has 2 amide bonds. The Hall–Kier alpha value is -3.57. The number of esters is 1. The van der Waals surface area contributed by atoms with Gasteiger partial charge in [0.1, 0.15) is 0 Å². The van der Waals surface area contributed by atoms with Gasteiger partial charge in [0.25, 0.3) is 11.8 Å². The second-order valence-electron chi connectivity index (χ2n) is 8.35. The van der Waals surface area contributed by atoms with Crippen LogP contribution in [0.5, 0.6) is 5.75 Å². The first-order chi connectivity index (χ1) is 19.7. The molecule has 2 N–H and O–H groups in total. The molecule has 4 aromatic rings. The molecule has 0 radical (unpaired) electrons. The maximum Gasteiger partial charge on any atom is 0.336 e. The maximum absolute atomic E-state index is 12.8. The summed E-state index contributed by atoms with van der Waals surface area (Å²) in [7, 11) is 0. The number of hydrogen-bond acceptors (Lipinski definition) is 5. The lowest BCUT2D eigenvalue weighted by Crippen LogP contribution is -2.18. The van der Waals surface area contributed by atoms with Crippen LogP contribution in [0.4, 0.5) is 5.69 Å². The van der Waals surface area contributed by atoms with E-state index in [1.165, 1.54) is 18.4 Å². The fourth-order valence-corrected chi connectivity index (χ4v) is 5.15. The van der Waals surface area contributed by atoms with Crippen LogP contribution in [0.1, 0.15) is 31.8 Å². The second-order valence-corrected chi connectivity index (χ2v) is 11.5. The molecule has 0 heterocycles. The number of carbonyl (C=O) groups excluding carboxylic acids is 3. The van der Waals surface area contributed by atoms with Gasteiger partial charge in [-0.3, -0.25) is 9.59 Å². The van der Waals surface area contributed by atoms with E-state index in [2.05, 4.69) is 63.6 Å². The standard InChI is InChI=1S/C30H19Br3ClN3O4/c31-22-9-7-19(8-10-22)29(39)36-25-3-1-2-20(15-25)30(40)37-35-17-21-14-23(32)16-26(33)28(21)41-27(38)13-6-18-4-11-24(34)12-5-18/h1-17H,(H,36,39)(H,37,40)/b13-6+,35-17?. The number of benzene rings is 4. The number of hydrazone groups is 1. The van der Waals surface area contributed by atoms with Crippen molar-refractivity contribution in [2.24, 2.45) is 5.10 Å². The van der Waals surface area contributed by atoms with Crippen molar-refractivity contribution in [3.8, 4) is 5.75 Å². The van der Waals surface area contributed by atoms with Gasteiger partial charge in [0, 0.05) is 42.4 Å². The van der Waals surface area contributed by atoms with Crippen molar-refractivity contribution in [1.29, 1.82) is 0 Å². The highest BCUT2D eigenvalue weighted by Gasteiger charge is 2.13. The molecule has 4 aromatic carbocycles. The largest absolute Gasteiger partial charge is 0.421 e. The molecule has 41 heavy (non-hydrogen) atoms. The molecule has 206 valence electrons. The fraction of sp³-hybridized carbons (Fsp3) is 0. The van der Waals surface area contributed by atoms with Crippen LogP contribution in [0.15, 0.2) is 110 Å². The minimum Gasteiger partial charge on any atom is -0.421 e. The summed E-state index contributed by atoms with van der Waals surface area (Å²) in [5.41, 5.74) is 4.87. The van der Waals surface area contributed by atoms with Crippen LogP contribution >= 0.6 is 59.4 Å². The predicted octanol–water partition coefficient (Wildman–Crippen LogP) is 8.26. The van der Waals surface area contributed by atoms with Crippen LogP contribution in [-0.4, -0.2) is 24.0 Å². The first kappa shape index (κ1) is 30.4. The second kappa shape index (κ2) is 14.4. The number of nitrogens with one attached hydrogen (secondary N) is 2. The summed E-state index contributed by atoms with van der Waals surface area (Å²) < 4.78 is 7.61. The molecular formula is C30H19Br3ClN3O4. The molecule has 0 unspecified atom stereocenters. The van der Waals surface area contributed by atoms with Crippen LogP contribution in [-0.2, 0) is 4.79 Å². The molecule has 0 fully saturated rings. The van der Waals surface area contributed by atoms with E-state index in [0.29, 0.717) is 30.8 Å². The smallest absolute Gasteiger partial charge is 0.336 e. The van der Waals surface area contributed by atoms with Gasteiger partial charge in [-0.1, -0.05) is 61.7 Å². The average Bonchev–Trinajstić information content (AvgIpc) is 2.95. The number of carbonyl (C=O) groups is 3. The Morgan fingerprint density at radius 3 is 2.27 bits per heavy atom. The van der Waals surface area contributed by atoms with Crippen molar-refractivity contribution < 1.29 is 19.1 Å². The Morgan fingerprint density at radius 2 is 1.54 bits per heavy atom. The van der Waals surface area contributed by atoms with Gasteiger partial charge in [-0.25, -0.2) is 10.2 Å². The van der Waals surface area contributed by atoms with Crippen LogP contribution in [0, 0.1) is 0 Å². The lowest BCUT2D eigenvalue weighted by Gasteiger charge is -2.09. The van der Waals surface area contributed by atoms with E-state index in [4.69, 9.17) is 16.3 Å². The molecular weight excluding hydrogens is 742 g/mol. The molecule has 0 spiro atoms. The summed E-state index contributed by atoms with van der Waals surface area (Å²) in [5.74, 6) is -1.20. The number of amides is 2. The zero-order chi connectivity index (χ0) is 29.4. The minimum atomic E-state index is -0.608. The van der Waals surface area contributed by atoms with E-state index >= 15 is 0 Å². The lowest BCUT2D eigenvalue weighted by atomic mass is 10.1. The highest BCUT2D eigenvalue weighted by Crippen LogP contribution is 2.32. The molecule has 0 atom stereocenters. The van der Waals surface area contributed by atoms with E-state index in [1.807, 2.05) is 0 Å². The third kappa shape index (κ3) is 8.96. The summed E-state index contributed by atoms with van der Waals surface area (Å²) in [6.07, 6.45) is 4.26. The number of nitrogens with zero attached hydrogens (tertiary/aromatic N) is 1. The Balaban J connectivity index is 1.42. The van der Waals surface area contributed by atoms with Crippen molar-refractivity contribution in [3.63, 3.8) is 0 Å². The van der Waals surface area contributed by atoms with Crippen LogP contribution in [0.2, 0.25) is 5.02 Å². The van der Waals surface area contributed by atoms with Crippen molar-refractivity contribution in [3.05, 3.63) is 132 Å². The fourth-order valence-electron chi connectivity index (χ4n) is 3.42. The van der Waals surface area contributed by atoms with E-state index in [-0.39, 0.29) is 17.2 Å². The Labute approximate surface area is 266 Å². The molecule has 0 aliphatic rings. The van der Waals surface area contributed by atoms with Gasteiger partial charge < -0.3 is 10.1 Å². The monoisotopic (exact) mass is 757 g/mol. The number of rotatable bonds is 8. The zero-order valence-electron chi connectivity index (χ0n) is 20.9. The molecule has 4 rings (SSSR count). The van der Waals surface area contributed by atoms with Gasteiger partial charge in [-0.15, -0.1) is 0 Å². The van der Waals surface area contributed by atoms with Crippen molar-refractivity contribution in [2.45, 2.75) is 0 Å². The quantitative estimate of drug-likeness (QED) is 0.0622. The highest BCUT2D eigenvalue weighted by atomic mass is 79.9. The third-order valence-corrected chi connectivity index (χ3v) is 7.21. The SMILES string of the molecule is O=C(/C=C/c1ccc(Cl)cc1)Oc1c(Br)cc(Br)cc1C=NNC(=O)c1cccc(NC(=O)c2ccc(Br)cc2)c1. The molecule has 11 heteroatoms. The summed E-state index contributed by atoms with van der Waals surface area (Å²) in [4.78, 5) is 37.8. The Bertz CT molecular complexity index is 1660. The summed E-state index contributed by atoms with van der Waals surface area (Å²) >= 11 is 16.0. The van der Waals surface area contributed by atoms with Crippen molar-refractivity contribution in [1.82, 2.24) is 5.43 Å². The van der Waals surface area contributed by atoms with Crippen LogP contribution in [0.25, 0.3) is 6.08 Å². The van der Waals surface area contributed by atoms with E-state index < -0.39 is 11.9 Å². The summed E-state index contributed by atoms with van der Waals surface area (Å²) in [6.45, 7) is 0. The highest BCUT2D eigenvalue weighted by molar-refractivity contribution is 9.11. The maximum atomic E-state index is 12.8. The van der Waals surface area contributed by atoms with Crippen LogP contribution in [0.3, 0.4) is 0 Å². The van der Waals surface area contributed by atoms with Gasteiger partial charge in [0.15, 0.2) is 5.75 Å². The number of hydrogen-bond donors (Lipinski definition) is 2. The number of anilines is 1. The minimum absolute atomic E-state index is 0.217. The molecule has 0 aliphatic carbocycles. The molecule has 0 bridgehead atoms. The molecule has 0 aromatic heterocycles. The Morgan fingerprint density at radius 1 is 0.805 bits per heavy atom. The van der Waals surface area contributed by atoms with E-state index in [1.54, 1.807) is 84.9 Å². The lowest BCUT2D eigenvalue weighted by molar-refractivity contribution is -0.128. The number of ether oxygens (including phenoxy) is 1. The topological polar surface area (TPSA) is 96.9 Å². The van der Waals surface area contributed by atoms with Gasteiger partial charge >= 0.3 is 5.97 Å². The molecule has 0 saturated heterocycles. The van der Waals surface area contributed by atoms with Crippen molar-refractivity contribution >= 4 is 95.2 Å². The first-order valence-corrected chi connectivity index (χ1v) is 14.6. The molecule has 7 nitrogen and oxygen atoms in total. The van der Waals surface area contributed by atoms with E-state index in [9.17, 15) is 14.4 Å². The van der Waals surface area contributed by atoms with Gasteiger partial charge in [0.05, 0.1) is 10.7 Å². The van der Waals surface area contributed by atoms with Crippen molar-refractivity contribution in [2.75, 3.05) is 5.32 Å². The van der Waals surface area contributed by atoms with Gasteiger partial charge in [-0.2, -0.15) is 5.10 Å². The van der Waals surface area contributed by atoms with E-state index in [0.717, 1.165) is 10.0 Å². The zero-order valence-corrected chi connectivity index (χ0v) is 26.4. The summed E-state index contributed by atoms with van der Waals surface area (Å²) in [5, 5.41) is 7.40.